The summed E-state index contributed by atoms with van der Waals surface area (Å²) in [5.41, 5.74) is 8.88. The Morgan fingerprint density at radius 1 is 0.762 bits per heavy atom. The Labute approximate surface area is 249 Å². The molecule has 5 heteroatoms. The number of rotatable bonds is 4. The minimum atomic E-state index is -0.218. The topological polar surface area (TPSA) is 49.6 Å². The first-order valence-corrected chi connectivity index (χ1v) is 14.7. The molecule has 5 aromatic carbocycles. The average Bonchev–Trinajstić information content (AvgIpc) is 3.42. The molecule has 2 aliphatic rings. The number of amidine groups is 1. The number of hydrogen-bond donors (Lipinski definition) is 2. The van der Waals surface area contributed by atoms with Crippen LogP contribution in [0.25, 0.3) is 39.1 Å². The van der Waals surface area contributed by atoms with Crippen molar-refractivity contribution in [3.63, 3.8) is 0 Å². The van der Waals surface area contributed by atoms with Crippen molar-refractivity contribution in [2.24, 2.45) is 10.9 Å². The fourth-order valence-corrected chi connectivity index (χ4v) is 6.42. The Morgan fingerprint density at radius 2 is 1.57 bits per heavy atom. The summed E-state index contributed by atoms with van der Waals surface area (Å²) in [7, 11) is 0. The van der Waals surface area contributed by atoms with Crippen LogP contribution in [0.3, 0.4) is 0 Å². The van der Waals surface area contributed by atoms with E-state index < -0.39 is 0 Å². The molecule has 0 amide bonds. The predicted molar refractivity (Wildman–Crippen MR) is 172 cm³/mol. The van der Waals surface area contributed by atoms with E-state index in [4.69, 9.17) is 21.0 Å². The highest BCUT2D eigenvalue weighted by molar-refractivity contribution is 6.31. The highest BCUT2D eigenvalue weighted by Crippen LogP contribution is 2.37. The van der Waals surface area contributed by atoms with Gasteiger partial charge in [0.05, 0.1) is 0 Å². The van der Waals surface area contributed by atoms with E-state index in [0.717, 1.165) is 45.3 Å². The highest BCUT2D eigenvalue weighted by Gasteiger charge is 2.30. The molecular formula is C37H28ClN3O. The number of nitrogens with zero attached hydrogens (tertiary/aromatic N) is 1. The van der Waals surface area contributed by atoms with Gasteiger partial charge in [-0.15, -0.1) is 0 Å². The third kappa shape index (κ3) is 4.50. The number of benzene rings is 5. The smallest absolute Gasteiger partial charge is 0.136 e. The normalized spacial score (nSPS) is 19.8. The second kappa shape index (κ2) is 10.3. The third-order valence-electron chi connectivity index (χ3n) is 8.38. The number of fused-ring (bicyclic) bond motifs is 4. The van der Waals surface area contributed by atoms with Crippen LogP contribution in [0.5, 0.6) is 0 Å². The predicted octanol–water partition coefficient (Wildman–Crippen LogP) is 9.08. The molecule has 0 bridgehead atoms. The number of halogens is 1. The molecule has 1 aliphatic carbocycles. The van der Waals surface area contributed by atoms with Crippen LogP contribution >= 0.6 is 11.6 Å². The van der Waals surface area contributed by atoms with Gasteiger partial charge < -0.3 is 9.73 Å². The van der Waals surface area contributed by atoms with E-state index in [1.807, 2.05) is 30.3 Å². The lowest BCUT2D eigenvalue weighted by molar-refractivity contribution is 0.401. The Bertz CT molecular complexity index is 1990. The molecule has 6 aromatic rings. The first-order chi connectivity index (χ1) is 20.7. The summed E-state index contributed by atoms with van der Waals surface area (Å²) in [6.45, 7) is 0. The lowest BCUT2D eigenvalue weighted by Crippen LogP contribution is -2.47. The van der Waals surface area contributed by atoms with Crippen LogP contribution < -0.4 is 10.6 Å². The highest BCUT2D eigenvalue weighted by atomic mass is 35.5. The van der Waals surface area contributed by atoms with Gasteiger partial charge in [0.25, 0.3) is 0 Å². The zero-order valence-corrected chi connectivity index (χ0v) is 23.6. The van der Waals surface area contributed by atoms with Gasteiger partial charge in [0.15, 0.2) is 0 Å². The first-order valence-electron chi connectivity index (χ1n) is 14.3. The van der Waals surface area contributed by atoms with Gasteiger partial charge in [-0.2, -0.15) is 0 Å². The molecule has 1 aliphatic heterocycles. The molecule has 2 N–H and O–H groups in total. The summed E-state index contributed by atoms with van der Waals surface area (Å²) in [6, 6.07) is 39.9. The number of aliphatic imine (C=N–C) groups is 1. The van der Waals surface area contributed by atoms with E-state index in [1.165, 1.54) is 22.3 Å². The number of hydrogen-bond acceptors (Lipinski definition) is 4. The molecule has 8 rings (SSSR count). The summed E-state index contributed by atoms with van der Waals surface area (Å²) >= 11 is 6.31. The van der Waals surface area contributed by atoms with Crippen LogP contribution in [0.15, 0.2) is 131 Å². The van der Waals surface area contributed by atoms with Crippen molar-refractivity contribution in [3.05, 3.63) is 149 Å². The van der Waals surface area contributed by atoms with Crippen molar-refractivity contribution in [2.75, 3.05) is 0 Å². The first kappa shape index (κ1) is 25.1. The molecule has 4 nitrogen and oxygen atoms in total. The van der Waals surface area contributed by atoms with Gasteiger partial charge in [0.1, 0.15) is 29.3 Å². The number of nitrogens with one attached hydrogen (secondary N) is 2. The minimum Gasteiger partial charge on any atom is -0.456 e. The van der Waals surface area contributed by atoms with Crippen molar-refractivity contribution < 1.29 is 4.42 Å². The molecule has 3 unspecified atom stereocenters. The van der Waals surface area contributed by atoms with E-state index in [0.29, 0.717) is 5.02 Å². The number of furan rings is 1. The average molecular weight is 566 g/mol. The standard InChI is InChI=1S/C37H28ClN3O/c38-29-19-20-30-33(22-29)42-32-12-6-11-31(34(30)32)37-40-35(26-16-13-25(14-17-26)23-7-2-1-3-8-23)39-36(41-37)28-18-15-24-9-4-5-10-27(24)21-28/h1-20,22,28,35,37,40H,21H2,(H,39,41). The largest absolute Gasteiger partial charge is 0.456 e. The summed E-state index contributed by atoms with van der Waals surface area (Å²) in [5, 5.41) is 10.4. The van der Waals surface area contributed by atoms with Crippen molar-refractivity contribution in [3.8, 4) is 11.1 Å². The van der Waals surface area contributed by atoms with Gasteiger partial charge in [-0.3, -0.25) is 5.32 Å². The maximum Gasteiger partial charge on any atom is 0.136 e. The van der Waals surface area contributed by atoms with Crippen LogP contribution in [0.1, 0.15) is 34.6 Å². The third-order valence-corrected chi connectivity index (χ3v) is 8.61. The Kier molecular flexibility index (Phi) is 6.17. The van der Waals surface area contributed by atoms with E-state index in [9.17, 15) is 0 Å². The minimum absolute atomic E-state index is 0.148. The molecule has 0 fully saturated rings. The van der Waals surface area contributed by atoms with Crippen LogP contribution in [0, 0.1) is 5.92 Å². The van der Waals surface area contributed by atoms with Gasteiger partial charge in [-0.05, 0) is 52.4 Å². The second-order valence-corrected chi connectivity index (χ2v) is 11.4. The molecular weight excluding hydrogens is 538 g/mol. The Morgan fingerprint density at radius 3 is 2.45 bits per heavy atom. The molecule has 3 atom stereocenters. The summed E-state index contributed by atoms with van der Waals surface area (Å²) in [4.78, 5) is 5.27. The van der Waals surface area contributed by atoms with Crippen molar-refractivity contribution in [1.29, 1.82) is 0 Å². The molecule has 42 heavy (non-hydrogen) atoms. The molecule has 0 saturated heterocycles. The zero-order valence-electron chi connectivity index (χ0n) is 22.8. The molecule has 204 valence electrons. The summed E-state index contributed by atoms with van der Waals surface area (Å²) < 4.78 is 6.23. The quantitative estimate of drug-likeness (QED) is 0.224. The zero-order chi connectivity index (χ0) is 28.0. The van der Waals surface area contributed by atoms with Crippen molar-refractivity contribution >= 4 is 45.5 Å². The van der Waals surface area contributed by atoms with Gasteiger partial charge in [0.2, 0.25) is 0 Å². The second-order valence-electron chi connectivity index (χ2n) is 11.0. The molecule has 0 radical (unpaired) electrons. The lowest BCUT2D eigenvalue weighted by atomic mass is 9.88. The summed E-state index contributed by atoms with van der Waals surface area (Å²) in [6.07, 6.45) is 5.01. The molecule has 0 saturated carbocycles. The van der Waals surface area contributed by atoms with E-state index in [1.54, 1.807) is 0 Å². The van der Waals surface area contributed by atoms with Crippen LogP contribution in [-0.4, -0.2) is 5.84 Å². The molecule has 0 spiro atoms. The molecule has 2 heterocycles. The van der Waals surface area contributed by atoms with Crippen molar-refractivity contribution in [2.45, 2.75) is 18.8 Å². The van der Waals surface area contributed by atoms with Crippen molar-refractivity contribution in [1.82, 2.24) is 10.6 Å². The van der Waals surface area contributed by atoms with Gasteiger partial charge in [0, 0.05) is 33.3 Å². The molecule has 1 aromatic heterocycles. The van der Waals surface area contributed by atoms with Gasteiger partial charge in [-0.1, -0.05) is 115 Å². The van der Waals surface area contributed by atoms with E-state index >= 15 is 0 Å². The fourth-order valence-electron chi connectivity index (χ4n) is 6.25. The van der Waals surface area contributed by atoms with Crippen LogP contribution in [-0.2, 0) is 6.42 Å². The lowest BCUT2D eigenvalue weighted by Gasteiger charge is -2.35. The Hall–Kier alpha value is -4.64. The van der Waals surface area contributed by atoms with Gasteiger partial charge in [-0.25, -0.2) is 4.99 Å². The Balaban J connectivity index is 1.21. The van der Waals surface area contributed by atoms with Crippen LogP contribution in [0.4, 0.5) is 0 Å². The van der Waals surface area contributed by atoms with Gasteiger partial charge >= 0.3 is 0 Å². The monoisotopic (exact) mass is 565 g/mol. The van der Waals surface area contributed by atoms with E-state index in [2.05, 4.69) is 108 Å². The SMILES string of the molecule is Clc1ccc2c(c1)oc1cccc(C3NC(C4C=Cc5ccccc5C4)=NC(c4ccc(-c5ccccc5)cc4)N3)c12. The summed E-state index contributed by atoms with van der Waals surface area (Å²) in [5.74, 6) is 1.13. The maximum absolute atomic E-state index is 6.31. The van der Waals surface area contributed by atoms with Crippen LogP contribution in [0.2, 0.25) is 5.02 Å². The maximum atomic E-state index is 6.31. The van der Waals surface area contributed by atoms with E-state index in [-0.39, 0.29) is 18.2 Å². The fraction of sp³-hybridized carbons (Fsp3) is 0.108.